The normalized spacial score (nSPS) is 21.8. The number of carbonyl (C=O) groups is 1. The Morgan fingerprint density at radius 3 is 2.58 bits per heavy atom. The minimum absolute atomic E-state index is 0.234. The first-order valence-corrected chi connectivity index (χ1v) is 4.49. The molecule has 1 unspecified atom stereocenters. The molecule has 0 amide bonds. The lowest BCUT2D eigenvalue weighted by Crippen LogP contribution is -2.40. The molecule has 12 heavy (non-hydrogen) atoms. The minimum Gasteiger partial charge on any atom is -0.300 e. The number of rotatable bonds is 2. The second-order valence-electron chi connectivity index (χ2n) is 3.17. The first-order chi connectivity index (χ1) is 5.77. The van der Waals surface area contributed by atoms with Crippen molar-refractivity contribution in [2.45, 2.75) is 32.2 Å². The SMILES string of the molecule is C#CC(CC)N1CCC(=O)CC1. The Labute approximate surface area is 73.9 Å². The fourth-order valence-corrected chi connectivity index (χ4v) is 1.57. The molecule has 66 valence electrons. The Balaban J connectivity index is 2.44. The highest BCUT2D eigenvalue weighted by molar-refractivity contribution is 5.79. The van der Waals surface area contributed by atoms with Crippen molar-refractivity contribution in [1.82, 2.24) is 4.90 Å². The molecule has 1 rings (SSSR count). The molecular formula is C10H15NO. The first-order valence-electron chi connectivity index (χ1n) is 4.49. The highest BCUT2D eigenvalue weighted by Crippen LogP contribution is 2.11. The number of terminal acetylenes is 1. The average Bonchev–Trinajstić information content (AvgIpc) is 2.10. The van der Waals surface area contributed by atoms with Crippen molar-refractivity contribution in [3.63, 3.8) is 0 Å². The smallest absolute Gasteiger partial charge is 0.135 e. The third-order valence-corrected chi connectivity index (χ3v) is 2.38. The Hall–Kier alpha value is -0.810. The molecule has 2 nitrogen and oxygen atoms in total. The van der Waals surface area contributed by atoms with Gasteiger partial charge in [-0.15, -0.1) is 6.42 Å². The van der Waals surface area contributed by atoms with Crippen LogP contribution in [0.5, 0.6) is 0 Å². The molecule has 1 heterocycles. The average molecular weight is 165 g/mol. The maximum absolute atomic E-state index is 10.9. The number of piperidine rings is 1. The standard InChI is InChI=1S/C10H15NO/c1-3-9(4-2)11-7-5-10(12)6-8-11/h1,9H,4-8H2,2H3. The summed E-state index contributed by atoms with van der Waals surface area (Å²) < 4.78 is 0. The highest BCUT2D eigenvalue weighted by atomic mass is 16.1. The molecule has 0 aliphatic carbocycles. The molecule has 1 saturated heterocycles. The van der Waals surface area contributed by atoms with E-state index >= 15 is 0 Å². The number of hydrogen-bond donors (Lipinski definition) is 0. The van der Waals surface area contributed by atoms with E-state index in [0.29, 0.717) is 18.6 Å². The van der Waals surface area contributed by atoms with Crippen LogP contribution < -0.4 is 0 Å². The largest absolute Gasteiger partial charge is 0.300 e. The number of nitrogens with zero attached hydrogens (tertiary/aromatic N) is 1. The van der Waals surface area contributed by atoms with Gasteiger partial charge in [-0.05, 0) is 6.42 Å². The molecule has 2 heteroatoms. The molecule has 0 aromatic heterocycles. The molecule has 0 aromatic rings. The van der Waals surface area contributed by atoms with Crippen LogP contribution in [-0.4, -0.2) is 29.8 Å². The lowest BCUT2D eigenvalue weighted by atomic mass is 10.1. The molecule has 0 bridgehead atoms. The Bertz CT molecular complexity index is 194. The highest BCUT2D eigenvalue weighted by Gasteiger charge is 2.20. The summed E-state index contributed by atoms with van der Waals surface area (Å²) in [6.07, 6.45) is 7.71. The van der Waals surface area contributed by atoms with Gasteiger partial charge in [-0.25, -0.2) is 0 Å². The number of hydrogen-bond acceptors (Lipinski definition) is 2. The van der Waals surface area contributed by atoms with Gasteiger partial charge in [0.1, 0.15) is 5.78 Å². The summed E-state index contributed by atoms with van der Waals surface area (Å²) in [6, 6.07) is 0.234. The molecule has 0 aromatic carbocycles. The lowest BCUT2D eigenvalue weighted by Gasteiger charge is -2.30. The maximum atomic E-state index is 10.9. The van der Waals surface area contributed by atoms with E-state index in [-0.39, 0.29) is 6.04 Å². The quantitative estimate of drug-likeness (QED) is 0.570. The van der Waals surface area contributed by atoms with Gasteiger partial charge >= 0.3 is 0 Å². The van der Waals surface area contributed by atoms with Crippen LogP contribution in [0.1, 0.15) is 26.2 Å². The lowest BCUT2D eigenvalue weighted by molar-refractivity contribution is -0.121. The predicted molar refractivity (Wildman–Crippen MR) is 48.7 cm³/mol. The molecule has 1 aliphatic rings. The minimum atomic E-state index is 0.234. The Morgan fingerprint density at radius 1 is 1.58 bits per heavy atom. The van der Waals surface area contributed by atoms with E-state index in [2.05, 4.69) is 17.7 Å². The van der Waals surface area contributed by atoms with Gasteiger partial charge in [0.15, 0.2) is 0 Å². The number of carbonyl (C=O) groups excluding carboxylic acids is 1. The van der Waals surface area contributed by atoms with Crippen LogP contribution in [0.15, 0.2) is 0 Å². The Kier molecular flexibility index (Phi) is 3.31. The van der Waals surface area contributed by atoms with Crippen LogP contribution in [0.3, 0.4) is 0 Å². The van der Waals surface area contributed by atoms with Gasteiger partial charge in [0.25, 0.3) is 0 Å². The van der Waals surface area contributed by atoms with Gasteiger partial charge in [-0.3, -0.25) is 9.69 Å². The molecule has 0 radical (unpaired) electrons. The maximum Gasteiger partial charge on any atom is 0.135 e. The van der Waals surface area contributed by atoms with Crippen molar-refractivity contribution in [3.05, 3.63) is 0 Å². The van der Waals surface area contributed by atoms with Crippen molar-refractivity contribution in [2.24, 2.45) is 0 Å². The van der Waals surface area contributed by atoms with Gasteiger partial charge in [0.05, 0.1) is 6.04 Å². The van der Waals surface area contributed by atoms with Gasteiger partial charge in [0, 0.05) is 25.9 Å². The van der Waals surface area contributed by atoms with Gasteiger partial charge < -0.3 is 0 Å². The zero-order chi connectivity index (χ0) is 8.97. The number of Topliss-reactive ketones (excluding diaryl/α,β-unsaturated/α-hetero) is 1. The van der Waals surface area contributed by atoms with E-state index in [1.165, 1.54) is 0 Å². The summed E-state index contributed by atoms with van der Waals surface area (Å²) in [5.41, 5.74) is 0. The van der Waals surface area contributed by atoms with Crippen LogP contribution in [0, 0.1) is 12.3 Å². The van der Waals surface area contributed by atoms with Crippen LogP contribution >= 0.6 is 0 Å². The third-order valence-electron chi connectivity index (χ3n) is 2.38. The van der Waals surface area contributed by atoms with Crippen LogP contribution in [0.4, 0.5) is 0 Å². The fraction of sp³-hybridized carbons (Fsp3) is 0.700. The molecule has 1 aliphatic heterocycles. The van der Waals surface area contributed by atoms with Gasteiger partial charge in [-0.1, -0.05) is 12.8 Å². The Morgan fingerprint density at radius 2 is 2.17 bits per heavy atom. The summed E-state index contributed by atoms with van der Waals surface area (Å²) in [6.45, 7) is 3.78. The molecule has 0 saturated carbocycles. The second kappa shape index (κ2) is 4.27. The monoisotopic (exact) mass is 165 g/mol. The van der Waals surface area contributed by atoms with Crippen molar-refractivity contribution in [2.75, 3.05) is 13.1 Å². The fourth-order valence-electron chi connectivity index (χ4n) is 1.57. The number of likely N-dealkylation sites (tertiary alicyclic amines) is 1. The van der Waals surface area contributed by atoms with E-state index in [9.17, 15) is 4.79 Å². The van der Waals surface area contributed by atoms with Gasteiger partial charge in [0.2, 0.25) is 0 Å². The van der Waals surface area contributed by atoms with Crippen LogP contribution in [0.2, 0.25) is 0 Å². The van der Waals surface area contributed by atoms with Crippen molar-refractivity contribution in [1.29, 1.82) is 0 Å². The van der Waals surface area contributed by atoms with Crippen LogP contribution in [-0.2, 0) is 4.79 Å². The van der Waals surface area contributed by atoms with Crippen molar-refractivity contribution in [3.8, 4) is 12.3 Å². The van der Waals surface area contributed by atoms with E-state index in [4.69, 9.17) is 6.42 Å². The van der Waals surface area contributed by atoms with E-state index in [1.54, 1.807) is 0 Å². The zero-order valence-electron chi connectivity index (χ0n) is 7.55. The molecule has 1 atom stereocenters. The summed E-state index contributed by atoms with van der Waals surface area (Å²) in [4.78, 5) is 13.2. The van der Waals surface area contributed by atoms with E-state index in [0.717, 1.165) is 19.5 Å². The topological polar surface area (TPSA) is 20.3 Å². The van der Waals surface area contributed by atoms with E-state index in [1.807, 2.05) is 0 Å². The zero-order valence-corrected chi connectivity index (χ0v) is 7.55. The van der Waals surface area contributed by atoms with E-state index < -0.39 is 0 Å². The summed E-state index contributed by atoms with van der Waals surface area (Å²) in [5.74, 6) is 3.12. The number of ketones is 1. The summed E-state index contributed by atoms with van der Waals surface area (Å²) in [7, 11) is 0. The molecule has 0 N–H and O–H groups in total. The molecule has 1 fully saturated rings. The van der Waals surface area contributed by atoms with Gasteiger partial charge in [-0.2, -0.15) is 0 Å². The summed E-state index contributed by atoms with van der Waals surface area (Å²) >= 11 is 0. The van der Waals surface area contributed by atoms with Crippen LogP contribution in [0.25, 0.3) is 0 Å². The molecule has 0 spiro atoms. The van der Waals surface area contributed by atoms with Crippen molar-refractivity contribution < 1.29 is 4.79 Å². The second-order valence-corrected chi connectivity index (χ2v) is 3.17. The third kappa shape index (κ3) is 2.09. The predicted octanol–water partition coefficient (Wildman–Crippen LogP) is 1.06. The van der Waals surface area contributed by atoms with Crippen molar-refractivity contribution >= 4 is 5.78 Å². The molecular weight excluding hydrogens is 150 g/mol. The first kappa shape index (κ1) is 9.28. The summed E-state index contributed by atoms with van der Waals surface area (Å²) in [5, 5.41) is 0.